The van der Waals surface area contributed by atoms with Gasteiger partial charge in [0.25, 0.3) is 5.91 Å². The number of phosphoric acid groups is 1. The lowest BCUT2D eigenvalue weighted by molar-refractivity contribution is 0.0956. The van der Waals surface area contributed by atoms with Crippen LogP contribution in [0.4, 0.5) is 15.9 Å². The van der Waals surface area contributed by atoms with Gasteiger partial charge in [-0.15, -0.1) is 0 Å². The summed E-state index contributed by atoms with van der Waals surface area (Å²) in [4.78, 5) is 34.4. The number of hydrogen-bond acceptors (Lipinski definition) is 9. The number of phosphoric ester groups is 1. The number of halogens is 1. The van der Waals surface area contributed by atoms with Crippen molar-refractivity contribution in [1.82, 2.24) is 25.2 Å². The number of amides is 1. The van der Waals surface area contributed by atoms with E-state index in [1.807, 2.05) is 0 Å². The monoisotopic (exact) mass is 491 g/mol. The lowest BCUT2D eigenvalue weighted by Gasteiger charge is -2.11. The highest BCUT2D eigenvalue weighted by molar-refractivity contribution is 7.46. The molecule has 0 unspecified atom stereocenters. The van der Waals surface area contributed by atoms with Gasteiger partial charge in [0.15, 0.2) is 18.1 Å². The number of hydrogen-bond donors (Lipinski definition) is 5. The number of pyridine rings is 1. The molecule has 7 N–H and O–H groups in total. The molecule has 34 heavy (non-hydrogen) atoms. The van der Waals surface area contributed by atoms with Gasteiger partial charge in [-0.1, -0.05) is 5.16 Å². The van der Waals surface area contributed by atoms with E-state index >= 15 is 0 Å². The molecule has 0 fully saturated rings. The second-order valence-electron chi connectivity index (χ2n) is 7.09. The maximum atomic E-state index is 14.9. The molecule has 0 bridgehead atoms. The van der Waals surface area contributed by atoms with E-state index in [1.165, 1.54) is 24.7 Å². The summed E-state index contributed by atoms with van der Waals surface area (Å²) in [5.41, 5.74) is 12.9. The quantitative estimate of drug-likeness (QED) is 0.186. The molecule has 178 valence electrons. The summed E-state index contributed by atoms with van der Waals surface area (Å²) in [5.74, 6) is -1.26. The summed E-state index contributed by atoms with van der Waals surface area (Å²) in [5, 5.41) is 10.5. The molecule has 3 aromatic heterocycles. The van der Waals surface area contributed by atoms with Gasteiger partial charge in [-0.25, -0.2) is 13.6 Å². The maximum absolute atomic E-state index is 14.9. The van der Waals surface area contributed by atoms with Crippen molar-refractivity contribution in [1.29, 1.82) is 0 Å². The van der Waals surface area contributed by atoms with Gasteiger partial charge in [0.05, 0.1) is 22.8 Å². The zero-order valence-corrected chi connectivity index (χ0v) is 18.5. The molecular weight excluding hydrogens is 472 g/mol. The minimum absolute atomic E-state index is 0.0346. The lowest BCUT2D eigenvalue weighted by atomic mass is 10.00. The van der Waals surface area contributed by atoms with Gasteiger partial charge < -0.3 is 31.1 Å². The molecule has 0 atom stereocenters. The average Bonchev–Trinajstić information content (AvgIpc) is 3.39. The molecule has 0 aliphatic heterocycles. The fourth-order valence-electron chi connectivity index (χ4n) is 3.31. The highest BCUT2D eigenvalue weighted by Crippen LogP contribution is 2.39. The predicted molar refractivity (Wildman–Crippen MR) is 118 cm³/mol. The SMILES string of the molecule is CCNC(=O)c1cc(-c2ncc(-c3cnn(COP(=O)(O)O)c3)c3onc(N)c23)c(F)cc1N. The van der Waals surface area contributed by atoms with Crippen molar-refractivity contribution < 1.29 is 32.6 Å². The van der Waals surface area contributed by atoms with E-state index in [9.17, 15) is 13.8 Å². The third-order valence-electron chi connectivity index (χ3n) is 4.80. The van der Waals surface area contributed by atoms with Gasteiger partial charge >= 0.3 is 7.82 Å². The number of carbonyl (C=O) groups excluding carboxylic acids is 1. The van der Waals surface area contributed by atoms with Gasteiger partial charge in [0.1, 0.15) is 5.82 Å². The number of anilines is 2. The Balaban J connectivity index is 1.81. The predicted octanol–water partition coefficient (Wildman–Crippen LogP) is 1.87. The smallest absolute Gasteiger partial charge is 0.398 e. The van der Waals surface area contributed by atoms with Gasteiger partial charge in [0.2, 0.25) is 0 Å². The fraction of sp³-hybridized carbons (Fsp3) is 0.158. The highest BCUT2D eigenvalue weighted by atomic mass is 31.2. The van der Waals surface area contributed by atoms with Crippen LogP contribution in [0.25, 0.3) is 33.4 Å². The first kappa shape index (κ1) is 23.3. The Kier molecular flexibility index (Phi) is 6.06. The lowest BCUT2D eigenvalue weighted by Crippen LogP contribution is -2.24. The van der Waals surface area contributed by atoms with E-state index in [1.54, 1.807) is 6.92 Å². The van der Waals surface area contributed by atoms with Crippen molar-refractivity contribution in [3.05, 3.63) is 42.1 Å². The van der Waals surface area contributed by atoms with Gasteiger partial charge in [0, 0.05) is 41.3 Å². The zero-order valence-electron chi connectivity index (χ0n) is 17.6. The third-order valence-corrected chi connectivity index (χ3v) is 5.25. The van der Waals surface area contributed by atoms with Crippen LogP contribution in [-0.2, 0) is 15.8 Å². The first-order valence-electron chi connectivity index (χ1n) is 9.73. The van der Waals surface area contributed by atoms with Crippen LogP contribution in [0, 0.1) is 5.82 Å². The Labute approximate surface area is 190 Å². The van der Waals surface area contributed by atoms with E-state index in [0.717, 1.165) is 10.7 Å². The molecule has 4 aromatic rings. The zero-order chi connectivity index (χ0) is 24.6. The molecule has 4 rings (SSSR count). The van der Waals surface area contributed by atoms with Crippen LogP contribution >= 0.6 is 7.82 Å². The molecule has 0 aliphatic carbocycles. The molecule has 0 spiro atoms. The van der Waals surface area contributed by atoms with Crippen LogP contribution in [0.3, 0.4) is 0 Å². The molecule has 0 radical (unpaired) electrons. The van der Waals surface area contributed by atoms with E-state index in [0.29, 0.717) is 17.7 Å². The molecule has 0 saturated carbocycles. The van der Waals surface area contributed by atoms with Crippen molar-refractivity contribution >= 4 is 36.2 Å². The van der Waals surface area contributed by atoms with E-state index in [4.69, 9.17) is 25.8 Å². The van der Waals surface area contributed by atoms with Crippen molar-refractivity contribution in [3.63, 3.8) is 0 Å². The number of benzene rings is 1. The Morgan fingerprint density at radius 3 is 2.76 bits per heavy atom. The van der Waals surface area contributed by atoms with E-state index in [-0.39, 0.29) is 39.3 Å². The number of aromatic nitrogens is 4. The van der Waals surface area contributed by atoms with Crippen molar-refractivity contribution in [2.45, 2.75) is 13.7 Å². The molecule has 13 nitrogen and oxygen atoms in total. The normalized spacial score (nSPS) is 11.8. The first-order chi connectivity index (χ1) is 16.1. The van der Waals surface area contributed by atoms with E-state index in [2.05, 4.69) is 25.1 Å². The van der Waals surface area contributed by atoms with Crippen LogP contribution in [-0.4, -0.2) is 42.2 Å². The van der Waals surface area contributed by atoms with Crippen molar-refractivity contribution in [3.8, 4) is 22.4 Å². The number of nitrogens with two attached hydrogens (primary N) is 2. The van der Waals surface area contributed by atoms with Crippen LogP contribution in [0.2, 0.25) is 0 Å². The minimum Gasteiger partial charge on any atom is -0.398 e. The Morgan fingerprint density at radius 2 is 2.06 bits per heavy atom. The molecule has 15 heteroatoms. The summed E-state index contributed by atoms with van der Waals surface area (Å²) in [6.45, 7) is 1.59. The Hall–Kier alpha value is -3.84. The van der Waals surface area contributed by atoms with Crippen LogP contribution < -0.4 is 16.8 Å². The maximum Gasteiger partial charge on any atom is 0.471 e. The number of fused-ring (bicyclic) bond motifs is 1. The molecule has 0 saturated heterocycles. The summed E-state index contributed by atoms with van der Waals surface area (Å²) < 4.78 is 36.7. The molecule has 0 aliphatic rings. The van der Waals surface area contributed by atoms with Crippen molar-refractivity contribution in [2.24, 2.45) is 0 Å². The number of nitrogens with one attached hydrogen (secondary N) is 1. The molecule has 1 amide bonds. The third kappa shape index (κ3) is 4.47. The van der Waals surface area contributed by atoms with Crippen LogP contribution in [0.1, 0.15) is 17.3 Å². The Bertz CT molecular complexity index is 1450. The van der Waals surface area contributed by atoms with Gasteiger partial charge in [-0.3, -0.25) is 14.3 Å². The summed E-state index contributed by atoms with van der Waals surface area (Å²) >= 11 is 0. The molecule has 1 aromatic carbocycles. The van der Waals surface area contributed by atoms with Gasteiger partial charge in [-0.2, -0.15) is 5.10 Å². The Morgan fingerprint density at radius 1 is 1.29 bits per heavy atom. The largest absolute Gasteiger partial charge is 0.471 e. The number of nitrogens with zero attached hydrogens (tertiary/aromatic N) is 4. The van der Waals surface area contributed by atoms with Crippen molar-refractivity contribution in [2.75, 3.05) is 18.0 Å². The topological polar surface area (TPSA) is 205 Å². The average molecular weight is 491 g/mol. The fourth-order valence-corrected chi connectivity index (χ4v) is 3.58. The highest BCUT2D eigenvalue weighted by Gasteiger charge is 2.23. The molecular formula is C19H19FN7O6P. The number of nitrogen functional groups attached to an aromatic ring is 2. The summed E-state index contributed by atoms with van der Waals surface area (Å²) in [7, 11) is -4.69. The molecule has 3 heterocycles. The second-order valence-corrected chi connectivity index (χ2v) is 8.33. The minimum atomic E-state index is -4.69. The van der Waals surface area contributed by atoms with E-state index < -0.39 is 26.3 Å². The number of rotatable bonds is 7. The van der Waals surface area contributed by atoms with Gasteiger partial charge in [-0.05, 0) is 19.1 Å². The first-order valence-corrected chi connectivity index (χ1v) is 11.3. The standard InChI is InChI=1S/C19H19FN7O6P/c1-2-23-19(28)11-3-10(13(20)4-14(11)21)16-15-17(33-26-18(15)22)12(6-24-16)9-5-25-27(7-9)8-32-34(29,30)31/h3-7H,2,8,21H2,1H3,(H2,22,26)(H,23,28)(H2,29,30,31). The van der Waals surface area contributed by atoms with Crippen LogP contribution in [0.5, 0.6) is 0 Å². The summed E-state index contributed by atoms with van der Waals surface area (Å²) in [6, 6.07) is 2.30. The van der Waals surface area contributed by atoms with Crippen LogP contribution in [0.15, 0.2) is 35.2 Å². The second kappa shape index (κ2) is 8.83. The summed E-state index contributed by atoms with van der Waals surface area (Å²) in [6.07, 6.45) is 4.19. The number of carbonyl (C=O) groups is 1.